The van der Waals surface area contributed by atoms with Gasteiger partial charge < -0.3 is 24.4 Å². The number of phenolic OH excluding ortho intramolecular Hbond substituents is 1. The average Bonchev–Trinajstić information content (AvgIpc) is 3.48. The minimum Gasteiger partial charge on any atom is -0.504 e. The van der Waals surface area contributed by atoms with Gasteiger partial charge in [-0.3, -0.25) is 0 Å². The van der Waals surface area contributed by atoms with Gasteiger partial charge in [0.1, 0.15) is 0 Å². The number of hydrogen-bond donors (Lipinski definition) is 2. The van der Waals surface area contributed by atoms with Crippen LogP contribution >= 0.6 is 0 Å². The van der Waals surface area contributed by atoms with Gasteiger partial charge in [-0.2, -0.15) is 0 Å². The number of aliphatic hydroxyl groups is 1. The van der Waals surface area contributed by atoms with E-state index in [0.717, 1.165) is 30.9 Å². The lowest BCUT2D eigenvalue weighted by molar-refractivity contribution is -0.102. The molecular formula is C33H56O5. The van der Waals surface area contributed by atoms with Crippen LogP contribution in [0, 0.1) is 17.3 Å². The first-order valence-electron chi connectivity index (χ1n) is 14.8. The van der Waals surface area contributed by atoms with Crippen LogP contribution in [0.1, 0.15) is 105 Å². The van der Waals surface area contributed by atoms with Gasteiger partial charge in [0.05, 0.1) is 24.9 Å². The molecule has 0 radical (unpaired) electrons. The van der Waals surface area contributed by atoms with Gasteiger partial charge in [-0.25, -0.2) is 0 Å². The second-order valence-electron chi connectivity index (χ2n) is 12.9. The predicted octanol–water partition coefficient (Wildman–Crippen LogP) is 7.86. The molecular weight excluding hydrogens is 476 g/mol. The van der Waals surface area contributed by atoms with Gasteiger partial charge in [0, 0.05) is 19.6 Å². The van der Waals surface area contributed by atoms with E-state index in [2.05, 4.69) is 40.7 Å². The molecule has 0 aliphatic heterocycles. The van der Waals surface area contributed by atoms with Crippen molar-refractivity contribution in [1.82, 2.24) is 0 Å². The maximum absolute atomic E-state index is 10.8. The van der Waals surface area contributed by atoms with Gasteiger partial charge in [-0.15, -0.1) is 0 Å². The van der Waals surface area contributed by atoms with Crippen LogP contribution in [-0.4, -0.2) is 48.3 Å². The van der Waals surface area contributed by atoms with Crippen molar-refractivity contribution in [1.29, 1.82) is 0 Å². The largest absolute Gasteiger partial charge is 0.504 e. The highest BCUT2D eigenvalue weighted by molar-refractivity contribution is 5.42. The maximum atomic E-state index is 10.8. The van der Waals surface area contributed by atoms with E-state index in [4.69, 9.17) is 14.2 Å². The van der Waals surface area contributed by atoms with E-state index < -0.39 is 11.7 Å². The summed E-state index contributed by atoms with van der Waals surface area (Å²) in [6.45, 7) is 16.8. The highest BCUT2D eigenvalue weighted by Crippen LogP contribution is 2.52. The van der Waals surface area contributed by atoms with Gasteiger partial charge in [-0.1, -0.05) is 51.3 Å². The van der Waals surface area contributed by atoms with Crippen molar-refractivity contribution in [2.45, 2.75) is 124 Å². The summed E-state index contributed by atoms with van der Waals surface area (Å²) in [4.78, 5) is 0. The highest BCUT2D eigenvalue weighted by atomic mass is 16.5. The van der Waals surface area contributed by atoms with Crippen LogP contribution in [0.25, 0.3) is 0 Å². The Hall–Kier alpha value is -1.56. The van der Waals surface area contributed by atoms with Crippen molar-refractivity contribution in [3.05, 3.63) is 35.4 Å². The monoisotopic (exact) mass is 532 g/mol. The number of allylic oxidation sites excluding steroid dienone is 2. The van der Waals surface area contributed by atoms with Gasteiger partial charge >= 0.3 is 0 Å². The topological polar surface area (TPSA) is 68.2 Å². The molecule has 0 bridgehead atoms. The number of ether oxygens (including phenoxy) is 3. The molecule has 1 saturated carbocycles. The Bertz CT molecular complexity index is 859. The van der Waals surface area contributed by atoms with E-state index in [1.807, 2.05) is 19.9 Å². The van der Waals surface area contributed by atoms with E-state index in [1.165, 1.54) is 51.2 Å². The molecule has 1 aliphatic rings. The molecule has 5 heteroatoms. The van der Waals surface area contributed by atoms with Crippen molar-refractivity contribution in [3.63, 3.8) is 0 Å². The van der Waals surface area contributed by atoms with Crippen LogP contribution in [0.5, 0.6) is 11.5 Å². The van der Waals surface area contributed by atoms with Crippen LogP contribution in [0.2, 0.25) is 0 Å². The first kappa shape index (κ1) is 32.7. The van der Waals surface area contributed by atoms with Crippen LogP contribution in [0.4, 0.5) is 0 Å². The van der Waals surface area contributed by atoms with Crippen molar-refractivity contribution in [2.75, 3.05) is 20.3 Å². The van der Waals surface area contributed by atoms with Crippen molar-refractivity contribution >= 4 is 0 Å². The fourth-order valence-corrected chi connectivity index (χ4v) is 5.04. The second-order valence-corrected chi connectivity index (χ2v) is 12.9. The summed E-state index contributed by atoms with van der Waals surface area (Å²) >= 11 is 0. The van der Waals surface area contributed by atoms with E-state index in [1.54, 1.807) is 12.1 Å². The molecule has 1 fully saturated rings. The van der Waals surface area contributed by atoms with Gasteiger partial charge in [0.15, 0.2) is 11.5 Å². The Balaban J connectivity index is 1.59. The zero-order valence-corrected chi connectivity index (χ0v) is 25.5. The van der Waals surface area contributed by atoms with Crippen LogP contribution in [0.3, 0.4) is 0 Å². The van der Waals surface area contributed by atoms with E-state index in [0.29, 0.717) is 36.2 Å². The third kappa shape index (κ3) is 11.3. The summed E-state index contributed by atoms with van der Waals surface area (Å²) in [6, 6.07) is 5.17. The van der Waals surface area contributed by atoms with Gasteiger partial charge in [-0.05, 0) is 101 Å². The van der Waals surface area contributed by atoms with E-state index >= 15 is 0 Å². The molecule has 0 spiro atoms. The van der Waals surface area contributed by atoms with Gasteiger partial charge in [0.2, 0.25) is 0 Å². The lowest BCUT2D eigenvalue weighted by Gasteiger charge is -2.31. The molecule has 5 nitrogen and oxygen atoms in total. The summed E-state index contributed by atoms with van der Waals surface area (Å²) in [5.74, 6) is 1.83. The van der Waals surface area contributed by atoms with Crippen LogP contribution in [0.15, 0.2) is 29.8 Å². The Kier molecular flexibility index (Phi) is 13.1. The quantitative estimate of drug-likeness (QED) is 0.177. The maximum Gasteiger partial charge on any atom is 0.160 e. The molecule has 38 heavy (non-hydrogen) atoms. The number of methoxy groups -OCH3 is 1. The standard InChI is InChI=1S/C33H56O5/c1-24(2)11-9-12-25(3)16-19-37-31-23-33(31,7)18-10-13-26(4)17-20-38-32(5,6)30(35)22-27-14-15-28(34)29(21-27)36-8/h11,14-15,21,25-26,30-31,34-35H,9-10,12-13,16-20,22-23H2,1-8H3. The Morgan fingerprint density at radius 2 is 1.79 bits per heavy atom. The lowest BCUT2D eigenvalue weighted by Crippen LogP contribution is -2.41. The Morgan fingerprint density at radius 1 is 1.11 bits per heavy atom. The third-order valence-corrected chi connectivity index (χ3v) is 8.42. The second kappa shape index (κ2) is 15.3. The van der Waals surface area contributed by atoms with Gasteiger partial charge in [0.25, 0.3) is 0 Å². The zero-order valence-electron chi connectivity index (χ0n) is 25.5. The summed E-state index contributed by atoms with van der Waals surface area (Å²) < 4.78 is 17.5. The molecule has 1 aliphatic carbocycles. The first-order valence-corrected chi connectivity index (χ1v) is 14.8. The molecule has 1 aromatic rings. The molecule has 2 rings (SSSR count). The molecule has 0 heterocycles. The normalized spacial score (nSPS) is 21.6. The average molecular weight is 533 g/mol. The number of aliphatic hydroxyl groups excluding tert-OH is 1. The number of rotatable bonds is 19. The highest BCUT2D eigenvalue weighted by Gasteiger charge is 2.50. The zero-order chi connectivity index (χ0) is 28.3. The minimum absolute atomic E-state index is 0.102. The van der Waals surface area contributed by atoms with E-state index in [-0.39, 0.29) is 5.75 Å². The molecule has 1 aromatic carbocycles. The van der Waals surface area contributed by atoms with Crippen molar-refractivity contribution in [2.24, 2.45) is 17.3 Å². The van der Waals surface area contributed by atoms with E-state index in [9.17, 15) is 10.2 Å². The summed E-state index contributed by atoms with van der Waals surface area (Å²) in [6.07, 6.45) is 12.0. The van der Waals surface area contributed by atoms with Crippen molar-refractivity contribution in [3.8, 4) is 11.5 Å². The predicted molar refractivity (Wildman–Crippen MR) is 157 cm³/mol. The fraction of sp³-hybridized carbons (Fsp3) is 0.758. The molecule has 0 saturated heterocycles. The number of hydrogen-bond acceptors (Lipinski definition) is 5. The van der Waals surface area contributed by atoms with Crippen molar-refractivity contribution < 1.29 is 24.4 Å². The summed E-state index contributed by atoms with van der Waals surface area (Å²) in [5, 5.41) is 20.6. The van der Waals surface area contributed by atoms with Crippen LogP contribution in [-0.2, 0) is 15.9 Å². The molecule has 2 N–H and O–H groups in total. The Labute approximate surface area is 233 Å². The SMILES string of the molecule is COc1cc(CC(O)C(C)(C)OCCC(C)CCCC2(C)CC2OCCC(C)CCC=C(C)C)ccc1O. The fourth-order valence-electron chi connectivity index (χ4n) is 5.04. The summed E-state index contributed by atoms with van der Waals surface area (Å²) in [5.41, 5.74) is 2.03. The molecule has 0 amide bonds. The number of phenols is 1. The third-order valence-electron chi connectivity index (χ3n) is 8.42. The summed E-state index contributed by atoms with van der Waals surface area (Å²) in [7, 11) is 1.52. The molecule has 5 atom stereocenters. The molecule has 0 aromatic heterocycles. The Morgan fingerprint density at radius 3 is 2.47 bits per heavy atom. The molecule has 218 valence electrons. The smallest absolute Gasteiger partial charge is 0.160 e. The minimum atomic E-state index is -0.654. The van der Waals surface area contributed by atoms with Crippen LogP contribution < -0.4 is 4.74 Å². The number of aromatic hydroxyl groups is 1. The lowest BCUT2D eigenvalue weighted by atomic mass is 9.93. The first-order chi connectivity index (χ1) is 17.9. The number of benzene rings is 1. The molecule has 5 unspecified atom stereocenters.